The Bertz CT molecular complexity index is 2310. The van der Waals surface area contributed by atoms with E-state index in [1.54, 1.807) is 12.1 Å². The minimum absolute atomic E-state index is 0.641. The smallest absolute Gasteiger partial charge is 0.224 e. The van der Waals surface area contributed by atoms with Gasteiger partial charge in [-0.3, -0.25) is 0 Å². The molecule has 1 saturated carbocycles. The highest BCUT2D eigenvalue weighted by molar-refractivity contribution is 6.11. The van der Waals surface area contributed by atoms with Crippen LogP contribution in [0.3, 0.4) is 0 Å². The summed E-state index contributed by atoms with van der Waals surface area (Å²) in [5.41, 5.74) is -13.9. The quantitative estimate of drug-likeness (QED) is 0.224. The zero-order valence-corrected chi connectivity index (χ0v) is 21.7. The standard InChI is InChI=1S/C33H6F3N9/c1-41-23-8-16(6-19(12-37)30(23)34)21(14-39)27-28(22(15-40)17-9-25(43-3)32(36)26(10-17)44-4)29(27)33(45-5)18-7-20(13-38)31(35)24(11-18)42-2/h6-11H/b27-21+,28-22-,33-29-/i6D,7D,8D,9D,10D,11D. The normalized spacial score (nSPS) is 16.1. The van der Waals surface area contributed by atoms with E-state index in [1.165, 1.54) is 12.1 Å². The molecule has 1 fully saturated rings. The monoisotopic (exact) mass is 591 g/mol. The first-order valence-electron chi connectivity index (χ1n) is 14.4. The van der Waals surface area contributed by atoms with Gasteiger partial charge in [-0.25, -0.2) is 37.4 Å². The highest BCUT2D eigenvalue weighted by Crippen LogP contribution is 2.57. The molecule has 1 aliphatic carbocycles. The van der Waals surface area contributed by atoms with E-state index >= 15 is 0 Å². The molecule has 0 bridgehead atoms. The molecule has 0 aromatic heterocycles. The molecule has 0 saturated heterocycles. The zero-order chi connectivity index (χ0) is 38.2. The first-order chi connectivity index (χ1) is 24.2. The van der Waals surface area contributed by atoms with Crippen molar-refractivity contribution in [2.75, 3.05) is 0 Å². The largest absolute Gasteiger partial charge is 0.237 e. The molecule has 0 aliphatic heterocycles. The van der Waals surface area contributed by atoms with Crippen LogP contribution in [-0.2, 0) is 0 Å². The van der Waals surface area contributed by atoms with Crippen LogP contribution in [0, 0.1) is 95.6 Å². The van der Waals surface area contributed by atoms with Crippen LogP contribution in [0.1, 0.15) is 36.0 Å². The van der Waals surface area contributed by atoms with Crippen molar-refractivity contribution in [2.45, 2.75) is 0 Å². The number of hydrogen-bond acceptors (Lipinski definition) is 4. The number of hydrogen-bond donors (Lipinski definition) is 0. The SMILES string of the molecule is [2H]c1c(C#N)c(F)c([N+]#[C-])c([2H])c1/C(C#N)=C1/C(=C(/[N+]#[C-])c2c([2H])c(C#N)c(F)c([N+]#[C-])c2[2H])/C1=C(/C#N)c1c([2H])c([N+]#[C-])c(F)c([N+]#[C-])c1[2H]. The van der Waals surface area contributed by atoms with E-state index in [0.29, 0.717) is 0 Å². The van der Waals surface area contributed by atoms with Crippen molar-refractivity contribution in [2.24, 2.45) is 0 Å². The van der Waals surface area contributed by atoms with Crippen molar-refractivity contribution < 1.29 is 21.4 Å². The van der Waals surface area contributed by atoms with Crippen molar-refractivity contribution in [3.63, 3.8) is 0 Å². The highest BCUT2D eigenvalue weighted by Gasteiger charge is 2.41. The lowest BCUT2D eigenvalue weighted by Gasteiger charge is -2.04. The third-order valence-corrected chi connectivity index (χ3v) is 5.91. The summed E-state index contributed by atoms with van der Waals surface area (Å²) in [5, 5.41) is 39.9. The van der Waals surface area contributed by atoms with Crippen LogP contribution in [0.15, 0.2) is 53.0 Å². The fourth-order valence-electron chi connectivity index (χ4n) is 3.96. The topological polar surface area (TPSA) is 117 Å². The van der Waals surface area contributed by atoms with E-state index in [1.807, 2.05) is 0 Å². The Morgan fingerprint density at radius 1 is 0.556 bits per heavy atom. The predicted molar refractivity (Wildman–Crippen MR) is 152 cm³/mol. The molecule has 0 N–H and O–H groups in total. The molecule has 45 heavy (non-hydrogen) atoms. The molecule has 204 valence electrons. The van der Waals surface area contributed by atoms with E-state index in [-0.39, 0.29) is 0 Å². The molecule has 1 aliphatic rings. The fraction of sp³-hybridized carbons (Fsp3) is 0. The van der Waals surface area contributed by atoms with Gasteiger partial charge in [-0.05, 0) is 63.6 Å². The van der Waals surface area contributed by atoms with Gasteiger partial charge in [0.1, 0.15) is 41.7 Å². The molecule has 12 heteroatoms. The zero-order valence-electron chi connectivity index (χ0n) is 27.7. The van der Waals surface area contributed by atoms with Crippen LogP contribution in [0.25, 0.3) is 41.1 Å². The number of nitrogens with zero attached hydrogens (tertiary/aromatic N) is 9. The maximum Gasteiger partial charge on any atom is 0.224 e. The van der Waals surface area contributed by atoms with Gasteiger partial charge in [-0.2, -0.15) is 21.0 Å². The highest BCUT2D eigenvalue weighted by atomic mass is 19.1. The average molecular weight is 592 g/mol. The summed E-state index contributed by atoms with van der Waals surface area (Å²) >= 11 is 0. The molecule has 0 radical (unpaired) electrons. The number of rotatable bonds is 3. The summed E-state index contributed by atoms with van der Waals surface area (Å²) in [7, 11) is 0. The van der Waals surface area contributed by atoms with Crippen LogP contribution in [0.2, 0.25) is 0 Å². The maximum absolute atomic E-state index is 14.9. The molecule has 0 atom stereocenters. The predicted octanol–water partition coefficient (Wildman–Crippen LogP) is 8.65. The van der Waals surface area contributed by atoms with Gasteiger partial charge in [0.05, 0.1) is 57.9 Å². The van der Waals surface area contributed by atoms with Gasteiger partial charge >= 0.3 is 0 Å². The molecule has 0 unspecified atom stereocenters. The van der Waals surface area contributed by atoms with Crippen LogP contribution >= 0.6 is 0 Å². The third-order valence-electron chi connectivity index (χ3n) is 5.91. The van der Waals surface area contributed by atoms with Gasteiger partial charge in [0, 0.05) is 5.48 Å². The second-order valence-electron chi connectivity index (χ2n) is 8.19. The van der Waals surface area contributed by atoms with Crippen LogP contribution in [-0.4, -0.2) is 0 Å². The van der Waals surface area contributed by atoms with Crippen molar-refractivity contribution in [1.29, 1.82) is 21.0 Å². The lowest BCUT2D eigenvalue weighted by atomic mass is 10.00. The summed E-state index contributed by atoms with van der Waals surface area (Å²) < 4.78 is 95.5. The van der Waals surface area contributed by atoms with Gasteiger partial charge in [0.25, 0.3) is 0 Å². The molecule has 0 heterocycles. The van der Waals surface area contributed by atoms with Gasteiger partial charge in [-0.15, -0.1) is 0 Å². The van der Waals surface area contributed by atoms with Crippen LogP contribution in [0.5, 0.6) is 0 Å². The second kappa shape index (κ2) is 11.9. The number of allylic oxidation sites excluding steroid dienone is 5. The van der Waals surface area contributed by atoms with E-state index in [4.69, 9.17) is 41.1 Å². The Morgan fingerprint density at radius 3 is 1.27 bits per heavy atom. The lowest BCUT2D eigenvalue weighted by Crippen LogP contribution is -1.90. The number of nitriles is 4. The van der Waals surface area contributed by atoms with Crippen LogP contribution in [0.4, 0.5) is 35.9 Å². The maximum atomic E-state index is 14.9. The Morgan fingerprint density at radius 2 is 0.911 bits per heavy atom. The molecule has 0 spiro atoms. The molecular formula is C33H6F3N9. The Kier molecular flexibility index (Phi) is 6.01. The van der Waals surface area contributed by atoms with Crippen molar-refractivity contribution in [3.8, 4) is 24.3 Å². The minimum atomic E-state index is -1.57. The molecule has 4 rings (SSSR count). The summed E-state index contributed by atoms with van der Waals surface area (Å²) in [6, 6.07) is -0.743. The van der Waals surface area contributed by atoms with E-state index < -0.39 is 138 Å². The third kappa shape index (κ3) is 4.94. The average Bonchev–Trinajstić information content (AvgIpc) is 3.81. The van der Waals surface area contributed by atoms with E-state index in [9.17, 15) is 34.2 Å². The molecular weight excluding hydrogens is 579 g/mol. The minimum Gasteiger partial charge on any atom is -0.237 e. The summed E-state index contributed by atoms with van der Waals surface area (Å²) in [5.74, 6) is -4.71. The van der Waals surface area contributed by atoms with Crippen molar-refractivity contribution in [3.05, 3.63) is 155 Å². The number of halogens is 3. The molecule has 3 aromatic rings. The number of benzene rings is 3. The van der Waals surface area contributed by atoms with Gasteiger partial charge < -0.3 is 0 Å². The van der Waals surface area contributed by atoms with Crippen molar-refractivity contribution in [1.82, 2.24) is 0 Å². The van der Waals surface area contributed by atoms with E-state index in [2.05, 4.69) is 24.2 Å². The van der Waals surface area contributed by atoms with Crippen LogP contribution < -0.4 is 0 Å². The Labute approximate surface area is 261 Å². The first kappa shape index (κ1) is 22.7. The van der Waals surface area contributed by atoms with E-state index in [0.717, 1.165) is 0 Å². The Hall–Kier alpha value is -7.92. The van der Waals surface area contributed by atoms with Gasteiger partial charge in [0.2, 0.25) is 28.4 Å². The first-order valence-corrected chi connectivity index (χ1v) is 11.4. The lowest BCUT2D eigenvalue weighted by molar-refractivity contribution is 0.629. The molecule has 9 nitrogen and oxygen atoms in total. The summed E-state index contributed by atoms with van der Waals surface area (Å²) in [6.07, 6.45) is 0. The summed E-state index contributed by atoms with van der Waals surface area (Å²) in [4.78, 5) is 14.7. The Balaban J connectivity index is 2.46. The molecule has 3 aromatic carbocycles. The van der Waals surface area contributed by atoms with Gasteiger partial charge in [0.15, 0.2) is 0 Å². The fourth-order valence-corrected chi connectivity index (χ4v) is 3.96. The molecule has 0 amide bonds. The summed E-state index contributed by atoms with van der Waals surface area (Å²) in [6.45, 7) is 37.2. The second-order valence-corrected chi connectivity index (χ2v) is 8.19. The van der Waals surface area contributed by atoms with Crippen molar-refractivity contribution >= 4 is 39.6 Å². The van der Waals surface area contributed by atoms with Gasteiger partial charge in [-0.1, -0.05) is 6.04 Å².